The third-order valence-electron chi connectivity index (χ3n) is 3.75. The molecule has 1 aliphatic rings. The molecule has 100 valence electrons. The Morgan fingerprint density at radius 2 is 2.05 bits per heavy atom. The van der Waals surface area contributed by atoms with Gasteiger partial charge in [0.25, 0.3) is 0 Å². The lowest BCUT2D eigenvalue weighted by Gasteiger charge is -2.25. The number of fused-ring (bicyclic) bond motifs is 1. The molecule has 1 fully saturated rings. The highest BCUT2D eigenvalue weighted by Crippen LogP contribution is 2.24. The van der Waals surface area contributed by atoms with Crippen molar-refractivity contribution < 1.29 is 14.3 Å². The highest BCUT2D eigenvalue weighted by Gasteiger charge is 2.14. The van der Waals surface area contributed by atoms with Gasteiger partial charge < -0.3 is 9.52 Å². The molecule has 0 atom stereocenters. The van der Waals surface area contributed by atoms with E-state index in [1.54, 1.807) is 18.4 Å². The molecule has 1 aliphatic heterocycles. The summed E-state index contributed by atoms with van der Waals surface area (Å²) in [5.74, 6) is -0.920. The lowest BCUT2D eigenvalue weighted by molar-refractivity contribution is 0.0697. The fourth-order valence-electron chi connectivity index (χ4n) is 2.70. The molecule has 3 rings (SSSR count). The van der Waals surface area contributed by atoms with Gasteiger partial charge >= 0.3 is 5.97 Å². The average Bonchev–Trinajstić information content (AvgIpc) is 2.82. The van der Waals surface area contributed by atoms with Gasteiger partial charge in [0.05, 0.1) is 11.8 Å². The van der Waals surface area contributed by atoms with Crippen LogP contribution in [0.2, 0.25) is 0 Å². The summed E-state index contributed by atoms with van der Waals surface area (Å²) in [5, 5.41) is 9.99. The normalized spacial score (nSPS) is 16.8. The number of rotatable bonds is 3. The Labute approximate surface area is 111 Å². The maximum atomic E-state index is 10.9. The minimum Gasteiger partial charge on any atom is -0.478 e. The van der Waals surface area contributed by atoms with E-state index in [9.17, 15) is 4.79 Å². The van der Waals surface area contributed by atoms with Crippen LogP contribution in [0.25, 0.3) is 11.0 Å². The predicted molar refractivity (Wildman–Crippen MR) is 72.3 cm³/mol. The van der Waals surface area contributed by atoms with Gasteiger partial charge in [-0.05, 0) is 44.1 Å². The summed E-state index contributed by atoms with van der Waals surface area (Å²) in [7, 11) is 0. The third-order valence-corrected chi connectivity index (χ3v) is 3.75. The number of carboxylic acids is 1. The highest BCUT2D eigenvalue weighted by molar-refractivity contribution is 5.93. The Bertz CT molecular complexity index is 596. The number of hydrogen-bond acceptors (Lipinski definition) is 3. The van der Waals surface area contributed by atoms with Crippen LogP contribution in [0.4, 0.5) is 0 Å². The van der Waals surface area contributed by atoms with E-state index in [-0.39, 0.29) is 5.56 Å². The van der Waals surface area contributed by atoms with Crippen LogP contribution >= 0.6 is 0 Å². The van der Waals surface area contributed by atoms with E-state index >= 15 is 0 Å². The van der Waals surface area contributed by atoms with Crippen molar-refractivity contribution in [3.63, 3.8) is 0 Å². The van der Waals surface area contributed by atoms with Gasteiger partial charge in [-0.1, -0.05) is 6.42 Å². The average molecular weight is 259 g/mol. The topological polar surface area (TPSA) is 53.7 Å². The molecule has 1 aromatic heterocycles. The fourth-order valence-corrected chi connectivity index (χ4v) is 2.70. The smallest absolute Gasteiger partial charge is 0.335 e. The summed E-state index contributed by atoms with van der Waals surface area (Å²) < 4.78 is 5.49. The maximum Gasteiger partial charge on any atom is 0.335 e. The summed E-state index contributed by atoms with van der Waals surface area (Å²) in [6.07, 6.45) is 5.60. The summed E-state index contributed by atoms with van der Waals surface area (Å²) in [4.78, 5) is 13.3. The van der Waals surface area contributed by atoms with Crippen LogP contribution in [0.15, 0.2) is 28.9 Å². The molecule has 4 nitrogen and oxygen atoms in total. The number of hydrogen-bond donors (Lipinski definition) is 1. The van der Waals surface area contributed by atoms with Gasteiger partial charge in [-0.15, -0.1) is 0 Å². The van der Waals surface area contributed by atoms with E-state index in [0.29, 0.717) is 5.58 Å². The Morgan fingerprint density at radius 1 is 1.26 bits per heavy atom. The number of carboxylic acid groups (broad SMARTS) is 1. The van der Waals surface area contributed by atoms with Crippen molar-refractivity contribution in [3.05, 3.63) is 35.6 Å². The molecule has 0 saturated carbocycles. The zero-order chi connectivity index (χ0) is 13.2. The minimum absolute atomic E-state index is 0.270. The van der Waals surface area contributed by atoms with E-state index in [0.717, 1.165) is 30.6 Å². The molecule has 0 aliphatic carbocycles. The lowest BCUT2D eigenvalue weighted by atomic mass is 10.1. The number of benzene rings is 1. The molecule has 0 radical (unpaired) electrons. The maximum absolute atomic E-state index is 10.9. The predicted octanol–water partition coefficient (Wildman–Crippen LogP) is 3.12. The second kappa shape index (κ2) is 5.05. The van der Waals surface area contributed by atoms with Crippen molar-refractivity contribution in [1.29, 1.82) is 0 Å². The van der Waals surface area contributed by atoms with Gasteiger partial charge in [0, 0.05) is 17.5 Å². The molecule has 4 heteroatoms. The van der Waals surface area contributed by atoms with Crippen LogP contribution in [0, 0.1) is 0 Å². The molecule has 19 heavy (non-hydrogen) atoms. The number of likely N-dealkylation sites (tertiary alicyclic amines) is 1. The number of nitrogens with zero attached hydrogens (tertiary/aromatic N) is 1. The Kier molecular flexibility index (Phi) is 3.25. The first-order chi connectivity index (χ1) is 9.24. The van der Waals surface area contributed by atoms with Crippen LogP contribution in [0.3, 0.4) is 0 Å². The molecule has 1 aromatic carbocycles. The Balaban J connectivity index is 1.86. The monoisotopic (exact) mass is 259 g/mol. The second-order valence-electron chi connectivity index (χ2n) is 5.11. The van der Waals surface area contributed by atoms with Crippen LogP contribution in [-0.2, 0) is 6.54 Å². The van der Waals surface area contributed by atoms with E-state index in [1.165, 1.54) is 19.3 Å². The van der Waals surface area contributed by atoms with Crippen LogP contribution in [-0.4, -0.2) is 29.1 Å². The van der Waals surface area contributed by atoms with Gasteiger partial charge in [0.2, 0.25) is 0 Å². The largest absolute Gasteiger partial charge is 0.478 e. The second-order valence-corrected chi connectivity index (χ2v) is 5.11. The molecule has 0 spiro atoms. The van der Waals surface area contributed by atoms with Crippen LogP contribution < -0.4 is 0 Å². The first kappa shape index (κ1) is 12.2. The molecule has 2 heterocycles. The zero-order valence-electron chi connectivity index (χ0n) is 10.8. The number of piperidine rings is 1. The summed E-state index contributed by atoms with van der Waals surface area (Å²) >= 11 is 0. The van der Waals surface area contributed by atoms with Gasteiger partial charge in [0.1, 0.15) is 5.58 Å². The van der Waals surface area contributed by atoms with Crippen LogP contribution in [0.5, 0.6) is 0 Å². The third kappa shape index (κ3) is 2.49. The minimum atomic E-state index is -0.920. The van der Waals surface area contributed by atoms with Crippen molar-refractivity contribution in [2.75, 3.05) is 13.1 Å². The summed E-state index contributed by atoms with van der Waals surface area (Å²) in [5.41, 5.74) is 2.08. The SMILES string of the molecule is O=C(O)c1ccc2c(CN3CCCCC3)coc2c1. The Hall–Kier alpha value is -1.81. The molecule has 0 bridgehead atoms. The molecular formula is C15H17NO3. The summed E-state index contributed by atoms with van der Waals surface area (Å²) in [6, 6.07) is 5.08. The molecule has 1 saturated heterocycles. The molecule has 1 N–H and O–H groups in total. The van der Waals surface area contributed by atoms with Crippen molar-refractivity contribution in [3.8, 4) is 0 Å². The number of furan rings is 1. The quantitative estimate of drug-likeness (QED) is 0.920. The lowest BCUT2D eigenvalue weighted by Crippen LogP contribution is -2.28. The summed E-state index contributed by atoms with van der Waals surface area (Å²) in [6.45, 7) is 3.17. The molecule has 0 amide bonds. The standard InChI is InChI=1S/C15H17NO3/c17-15(18)11-4-5-13-12(10-19-14(13)8-11)9-16-6-2-1-3-7-16/h4-5,8,10H,1-3,6-7,9H2,(H,17,18). The van der Waals surface area contributed by atoms with Gasteiger partial charge in [0.15, 0.2) is 0 Å². The fraction of sp³-hybridized carbons (Fsp3) is 0.400. The first-order valence-electron chi connectivity index (χ1n) is 6.70. The van der Waals surface area contributed by atoms with Crippen LogP contribution in [0.1, 0.15) is 35.2 Å². The molecule has 2 aromatic rings. The highest BCUT2D eigenvalue weighted by atomic mass is 16.4. The molecular weight excluding hydrogens is 242 g/mol. The van der Waals surface area contributed by atoms with Gasteiger partial charge in [-0.3, -0.25) is 4.90 Å². The first-order valence-corrected chi connectivity index (χ1v) is 6.70. The van der Waals surface area contributed by atoms with Gasteiger partial charge in [-0.25, -0.2) is 4.79 Å². The zero-order valence-corrected chi connectivity index (χ0v) is 10.8. The van der Waals surface area contributed by atoms with Gasteiger partial charge in [-0.2, -0.15) is 0 Å². The molecule has 0 unspecified atom stereocenters. The van der Waals surface area contributed by atoms with Crippen molar-refractivity contribution >= 4 is 16.9 Å². The van der Waals surface area contributed by atoms with E-state index in [4.69, 9.17) is 9.52 Å². The van der Waals surface area contributed by atoms with Crippen molar-refractivity contribution in [2.24, 2.45) is 0 Å². The van der Waals surface area contributed by atoms with Crippen molar-refractivity contribution in [2.45, 2.75) is 25.8 Å². The number of aromatic carboxylic acids is 1. The number of carbonyl (C=O) groups is 1. The van der Waals surface area contributed by atoms with E-state index in [2.05, 4.69) is 4.90 Å². The Morgan fingerprint density at radius 3 is 2.79 bits per heavy atom. The van der Waals surface area contributed by atoms with E-state index < -0.39 is 5.97 Å². The van der Waals surface area contributed by atoms with Crippen molar-refractivity contribution in [1.82, 2.24) is 4.90 Å². The van der Waals surface area contributed by atoms with E-state index in [1.807, 2.05) is 6.07 Å².